The molecule has 7 heteroatoms. The molecule has 0 saturated heterocycles. The number of benzene rings is 3. The molecular formula is C31H34N2O5. The summed E-state index contributed by atoms with van der Waals surface area (Å²) in [6.45, 7) is 2.49. The van der Waals surface area contributed by atoms with Gasteiger partial charge < -0.3 is 28.8 Å². The second-order valence-corrected chi connectivity index (χ2v) is 9.65. The van der Waals surface area contributed by atoms with E-state index >= 15 is 0 Å². The van der Waals surface area contributed by atoms with Crippen LogP contribution in [0, 0.1) is 5.92 Å². The standard InChI is InChI=1S/C31H34N2O5/c1-5-38-31(35)29-27(21-14-16-23(36-3)17-15-21)25-10-7-11-26(32(2)30(34)22-12-13-22)28(25)33(29)19-20-8-6-9-24(18-20)37-4/h6-11,14-18,22,30,34H,5,12-13,19H2,1-4H3. The molecule has 1 heterocycles. The van der Waals surface area contributed by atoms with Crippen LogP contribution >= 0.6 is 0 Å². The Morgan fingerprint density at radius 1 is 1.03 bits per heavy atom. The number of nitrogens with zero attached hydrogens (tertiary/aromatic N) is 2. The van der Waals surface area contributed by atoms with Crippen LogP contribution < -0.4 is 14.4 Å². The van der Waals surface area contributed by atoms with Crippen LogP contribution in [-0.4, -0.2) is 49.7 Å². The summed E-state index contributed by atoms with van der Waals surface area (Å²) < 4.78 is 18.5. The number of aromatic nitrogens is 1. The van der Waals surface area contributed by atoms with E-state index in [1.54, 1.807) is 14.2 Å². The van der Waals surface area contributed by atoms with Crippen molar-refractivity contribution in [3.8, 4) is 22.6 Å². The summed E-state index contributed by atoms with van der Waals surface area (Å²) >= 11 is 0. The van der Waals surface area contributed by atoms with Crippen LogP contribution in [0.5, 0.6) is 11.5 Å². The van der Waals surface area contributed by atoms with E-state index in [2.05, 4.69) is 0 Å². The fourth-order valence-corrected chi connectivity index (χ4v) is 5.10. The number of hydrogen-bond donors (Lipinski definition) is 1. The zero-order valence-corrected chi connectivity index (χ0v) is 22.3. The molecule has 1 fully saturated rings. The van der Waals surface area contributed by atoms with Gasteiger partial charge in [0.05, 0.1) is 32.0 Å². The molecule has 1 aliphatic carbocycles. The summed E-state index contributed by atoms with van der Waals surface area (Å²) in [7, 11) is 5.19. The molecular weight excluding hydrogens is 480 g/mol. The maximum atomic E-state index is 13.6. The van der Waals surface area contributed by atoms with Gasteiger partial charge in [-0.05, 0) is 61.2 Å². The first-order chi connectivity index (χ1) is 18.5. The van der Waals surface area contributed by atoms with Crippen molar-refractivity contribution >= 4 is 22.6 Å². The van der Waals surface area contributed by atoms with Gasteiger partial charge in [0.25, 0.3) is 0 Å². The third kappa shape index (κ3) is 4.82. The van der Waals surface area contributed by atoms with Gasteiger partial charge in [0.15, 0.2) is 0 Å². The molecule has 0 amide bonds. The number of aliphatic hydroxyl groups is 1. The first-order valence-electron chi connectivity index (χ1n) is 13.0. The minimum Gasteiger partial charge on any atom is -0.497 e. The third-order valence-corrected chi connectivity index (χ3v) is 7.20. The van der Waals surface area contributed by atoms with E-state index in [4.69, 9.17) is 14.2 Å². The Kier molecular flexibility index (Phi) is 7.29. The molecule has 0 aliphatic heterocycles. The minimum absolute atomic E-state index is 0.252. The minimum atomic E-state index is -0.601. The highest BCUT2D eigenvalue weighted by Gasteiger charge is 2.34. The van der Waals surface area contributed by atoms with Gasteiger partial charge in [-0.15, -0.1) is 0 Å². The number of carbonyl (C=O) groups excluding carboxylic acids is 1. The Labute approximate surface area is 223 Å². The molecule has 198 valence electrons. The molecule has 1 aromatic heterocycles. The number of hydrogen-bond acceptors (Lipinski definition) is 6. The number of carbonyl (C=O) groups is 1. The average Bonchev–Trinajstić information content (AvgIpc) is 3.75. The highest BCUT2D eigenvalue weighted by atomic mass is 16.5. The Morgan fingerprint density at radius 3 is 2.39 bits per heavy atom. The molecule has 0 bridgehead atoms. The Hall–Kier alpha value is -3.97. The second kappa shape index (κ2) is 10.8. The second-order valence-electron chi connectivity index (χ2n) is 9.65. The van der Waals surface area contributed by atoms with Crippen LogP contribution in [0.25, 0.3) is 22.0 Å². The topological polar surface area (TPSA) is 73.2 Å². The lowest BCUT2D eigenvalue weighted by molar-refractivity contribution is 0.0516. The monoisotopic (exact) mass is 514 g/mol. The van der Waals surface area contributed by atoms with Crippen LogP contribution in [0.3, 0.4) is 0 Å². The number of ether oxygens (including phenoxy) is 3. The molecule has 7 nitrogen and oxygen atoms in total. The smallest absolute Gasteiger partial charge is 0.355 e. The van der Waals surface area contributed by atoms with Crippen molar-refractivity contribution in [1.29, 1.82) is 0 Å². The highest BCUT2D eigenvalue weighted by Crippen LogP contribution is 2.43. The summed E-state index contributed by atoms with van der Waals surface area (Å²) in [4.78, 5) is 15.6. The summed E-state index contributed by atoms with van der Waals surface area (Å²) in [5, 5.41) is 12.0. The van der Waals surface area contributed by atoms with E-state index in [1.165, 1.54) is 0 Å². The average molecular weight is 515 g/mol. The lowest BCUT2D eigenvalue weighted by Crippen LogP contribution is -2.33. The molecule has 5 rings (SSSR count). The summed E-state index contributed by atoms with van der Waals surface area (Å²) in [5.41, 5.74) is 4.84. The van der Waals surface area contributed by atoms with Crippen molar-refractivity contribution in [2.24, 2.45) is 5.92 Å². The van der Waals surface area contributed by atoms with Crippen molar-refractivity contribution in [1.82, 2.24) is 4.57 Å². The fourth-order valence-electron chi connectivity index (χ4n) is 5.10. The Morgan fingerprint density at radius 2 is 1.74 bits per heavy atom. The number of anilines is 1. The normalized spacial score (nSPS) is 13.8. The van der Waals surface area contributed by atoms with Crippen molar-refractivity contribution in [3.05, 3.63) is 78.0 Å². The quantitative estimate of drug-likeness (QED) is 0.216. The number of rotatable bonds is 10. The predicted octanol–water partition coefficient (Wildman–Crippen LogP) is 5.72. The molecule has 3 aromatic carbocycles. The molecule has 0 radical (unpaired) electrons. The largest absolute Gasteiger partial charge is 0.497 e. The van der Waals surface area contributed by atoms with Gasteiger partial charge >= 0.3 is 5.97 Å². The van der Waals surface area contributed by atoms with Gasteiger partial charge in [-0.3, -0.25) is 0 Å². The van der Waals surface area contributed by atoms with Gasteiger partial charge in [-0.2, -0.15) is 0 Å². The molecule has 1 saturated carbocycles. The molecule has 38 heavy (non-hydrogen) atoms. The number of methoxy groups -OCH3 is 2. The van der Waals surface area contributed by atoms with E-state index in [1.807, 2.05) is 90.2 Å². The molecule has 1 unspecified atom stereocenters. The van der Waals surface area contributed by atoms with E-state index in [9.17, 15) is 9.90 Å². The van der Waals surface area contributed by atoms with Gasteiger partial charge in [-0.25, -0.2) is 4.79 Å². The predicted molar refractivity (Wildman–Crippen MR) is 149 cm³/mol. The van der Waals surface area contributed by atoms with Crippen LogP contribution in [0.1, 0.15) is 35.8 Å². The Balaban J connectivity index is 1.80. The number of aliphatic hydroxyl groups excluding tert-OH is 1. The van der Waals surface area contributed by atoms with Crippen molar-refractivity contribution in [2.45, 2.75) is 32.5 Å². The fraction of sp³-hybridized carbons (Fsp3) is 0.323. The maximum Gasteiger partial charge on any atom is 0.355 e. The third-order valence-electron chi connectivity index (χ3n) is 7.20. The van der Waals surface area contributed by atoms with Crippen molar-refractivity contribution < 1.29 is 24.1 Å². The number of esters is 1. The molecule has 1 N–H and O–H groups in total. The van der Waals surface area contributed by atoms with Gasteiger partial charge in [-0.1, -0.05) is 36.4 Å². The first kappa shape index (κ1) is 25.7. The summed E-state index contributed by atoms with van der Waals surface area (Å²) in [5.74, 6) is 1.34. The molecule has 0 spiro atoms. The lowest BCUT2D eigenvalue weighted by Gasteiger charge is -2.27. The Bertz CT molecular complexity index is 1440. The molecule has 1 atom stereocenters. The van der Waals surface area contributed by atoms with E-state index in [0.717, 1.165) is 57.6 Å². The van der Waals surface area contributed by atoms with Crippen LogP contribution in [0.2, 0.25) is 0 Å². The van der Waals surface area contributed by atoms with Gasteiger partial charge in [0, 0.05) is 30.5 Å². The van der Waals surface area contributed by atoms with E-state index in [-0.39, 0.29) is 12.5 Å². The summed E-state index contributed by atoms with van der Waals surface area (Å²) in [6, 6.07) is 21.5. The SMILES string of the molecule is CCOC(=O)c1c(-c2ccc(OC)cc2)c2cccc(N(C)C(O)C3CC3)c2n1Cc1cccc(OC)c1. The zero-order chi connectivity index (χ0) is 26.8. The van der Waals surface area contributed by atoms with E-state index in [0.29, 0.717) is 12.2 Å². The van der Waals surface area contributed by atoms with Crippen LogP contribution in [-0.2, 0) is 11.3 Å². The highest BCUT2D eigenvalue weighted by molar-refractivity contribution is 6.11. The maximum absolute atomic E-state index is 13.6. The summed E-state index contributed by atoms with van der Waals surface area (Å²) in [6.07, 6.45) is 1.42. The van der Waals surface area contributed by atoms with E-state index < -0.39 is 12.2 Å². The van der Waals surface area contributed by atoms with Crippen LogP contribution in [0.4, 0.5) is 5.69 Å². The van der Waals surface area contributed by atoms with Crippen LogP contribution in [0.15, 0.2) is 66.7 Å². The lowest BCUT2D eigenvalue weighted by atomic mass is 10.0. The van der Waals surface area contributed by atoms with Gasteiger partial charge in [0.1, 0.15) is 23.4 Å². The van der Waals surface area contributed by atoms with Crippen molar-refractivity contribution in [2.75, 3.05) is 32.8 Å². The molecule has 4 aromatic rings. The van der Waals surface area contributed by atoms with Gasteiger partial charge in [0.2, 0.25) is 0 Å². The zero-order valence-electron chi connectivity index (χ0n) is 22.3. The number of para-hydroxylation sites is 1. The molecule has 1 aliphatic rings. The van der Waals surface area contributed by atoms with Crippen molar-refractivity contribution in [3.63, 3.8) is 0 Å². The first-order valence-corrected chi connectivity index (χ1v) is 13.0. The number of fused-ring (bicyclic) bond motifs is 1.